The van der Waals surface area contributed by atoms with E-state index in [1.54, 1.807) is 0 Å². The average Bonchev–Trinajstić information content (AvgIpc) is 2.13. The summed E-state index contributed by atoms with van der Waals surface area (Å²) in [6, 6.07) is -3.94. The largest absolute Gasteiger partial charge is 0.417 e. The van der Waals surface area contributed by atoms with Crippen molar-refractivity contribution in [3.05, 3.63) is 20.4 Å². The zero-order valence-electron chi connectivity index (χ0n) is 7.74. The zero-order chi connectivity index (χ0) is 13.6. The van der Waals surface area contributed by atoms with Gasteiger partial charge in [0.05, 0.1) is 0 Å². The molecule has 1 aromatic carbocycles. The first-order valence-corrected chi connectivity index (χ1v) is 3.95. The predicted molar refractivity (Wildman–Crippen MR) is 45.3 cm³/mol. The third-order valence-electron chi connectivity index (χ3n) is 1.89. The normalized spacial score (nSPS) is 13.4. The summed E-state index contributed by atoms with van der Waals surface area (Å²) in [5.74, 6) is 0. The quantitative estimate of drug-likeness (QED) is 0.610. The number of hydrogen-bond acceptors (Lipinski definition) is 4. The lowest BCUT2D eigenvalue weighted by Gasteiger charge is -2.25. The number of rotatable bonds is 2. The lowest BCUT2D eigenvalue weighted by atomic mass is 10.1. The van der Waals surface area contributed by atoms with Gasteiger partial charge in [-0.1, -0.05) is 0 Å². The lowest BCUT2D eigenvalue weighted by molar-refractivity contribution is -0.242. The van der Waals surface area contributed by atoms with Gasteiger partial charge in [0.25, 0.3) is 10.9 Å². The molecule has 0 aliphatic heterocycles. The maximum atomic E-state index is 12.0. The van der Waals surface area contributed by atoms with Crippen LogP contribution in [0.15, 0.2) is 9.59 Å². The van der Waals surface area contributed by atoms with Crippen molar-refractivity contribution in [2.45, 2.75) is 18.4 Å². The molecular weight excluding hydrogens is 258 g/mol. The number of nitrogens with one attached hydrogen (secondary N) is 1. The van der Waals surface area contributed by atoms with Crippen molar-refractivity contribution in [3.63, 3.8) is 0 Å². The highest BCUT2D eigenvalue weighted by molar-refractivity contribution is 5.71. The smallest absolute Gasteiger partial charge is 0.394 e. The number of alkyl halides is 6. The molecule has 0 amide bonds. The second-order valence-electron chi connectivity index (χ2n) is 3.11. The predicted octanol–water partition coefficient (Wildman–Crippen LogP) is 0.770. The van der Waals surface area contributed by atoms with Gasteiger partial charge in [-0.05, 0) is 0 Å². The molecule has 0 saturated carbocycles. The van der Waals surface area contributed by atoms with Gasteiger partial charge in [0.15, 0.2) is 0 Å². The van der Waals surface area contributed by atoms with Gasteiger partial charge in [0.1, 0.15) is 11.4 Å². The Balaban J connectivity index is 3.06. The minimum absolute atomic E-state index is 0.898. The minimum Gasteiger partial charge on any atom is -0.394 e. The lowest BCUT2D eigenvalue weighted by Crippen LogP contribution is -2.51. The number of hydrogen-bond donors (Lipinski definition) is 2. The van der Waals surface area contributed by atoms with Gasteiger partial charge < -0.3 is 11.1 Å². The zero-order valence-corrected chi connectivity index (χ0v) is 7.74. The summed E-state index contributed by atoms with van der Waals surface area (Å²) < 4.78 is 72.3. The molecule has 10 heteroatoms. The fraction of sp³-hybridized carbons (Fsp3) is 0.429. The van der Waals surface area contributed by atoms with Crippen molar-refractivity contribution in [1.29, 1.82) is 0 Å². The summed E-state index contributed by atoms with van der Waals surface area (Å²) in [5.41, 5.74) is -0.0994. The Kier molecular flexibility index (Phi) is 2.85. The van der Waals surface area contributed by atoms with E-state index < -0.39 is 40.6 Å². The summed E-state index contributed by atoms with van der Waals surface area (Å²) in [5, 5.41) is 0.898. The number of nitrogens with two attached hydrogens (primary N) is 1. The molecule has 1 rings (SSSR count). The van der Waals surface area contributed by atoms with Crippen LogP contribution < -0.4 is 21.9 Å². The molecule has 3 N–H and O–H groups in total. The maximum absolute atomic E-state index is 12.0. The van der Waals surface area contributed by atoms with Crippen LogP contribution >= 0.6 is 0 Å². The molecule has 0 aromatic heterocycles. The Morgan fingerprint density at radius 1 is 0.941 bits per heavy atom. The Morgan fingerprint density at radius 3 is 1.65 bits per heavy atom. The van der Waals surface area contributed by atoms with Gasteiger partial charge >= 0.3 is 12.4 Å². The van der Waals surface area contributed by atoms with Crippen molar-refractivity contribution in [1.82, 2.24) is 0 Å². The first-order chi connectivity index (χ1) is 7.46. The molecule has 0 aliphatic carbocycles. The van der Waals surface area contributed by atoms with Crippen molar-refractivity contribution < 1.29 is 26.3 Å². The van der Waals surface area contributed by atoms with E-state index in [9.17, 15) is 35.9 Å². The van der Waals surface area contributed by atoms with Crippen LogP contribution in [0.3, 0.4) is 0 Å². The molecule has 0 aliphatic rings. The van der Waals surface area contributed by atoms with E-state index >= 15 is 0 Å². The fourth-order valence-corrected chi connectivity index (χ4v) is 1.05. The van der Waals surface area contributed by atoms with Crippen LogP contribution in [0.2, 0.25) is 0 Å². The van der Waals surface area contributed by atoms with Gasteiger partial charge in [-0.2, -0.15) is 26.3 Å². The molecule has 0 spiro atoms. The van der Waals surface area contributed by atoms with Gasteiger partial charge in [-0.15, -0.1) is 0 Å². The van der Waals surface area contributed by atoms with Gasteiger partial charge in [0, 0.05) is 0 Å². The van der Waals surface area contributed by atoms with E-state index in [2.05, 4.69) is 0 Å². The maximum Gasteiger partial charge on any atom is 0.417 e. The van der Waals surface area contributed by atoms with E-state index in [1.165, 1.54) is 0 Å². The van der Waals surface area contributed by atoms with Crippen LogP contribution in [0.4, 0.5) is 37.7 Å². The Labute approximate surface area is 88.7 Å². The molecule has 0 heterocycles. The highest BCUT2D eigenvalue weighted by Gasteiger charge is 2.57. The second-order valence-corrected chi connectivity index (χ2v) is 3.11. The Hall–Kier alpha value is -1.74. The van der Waals surface area contributed by atoms with Crippen LogP contribution in [0.1, 0.15) is 0 Å². The molecular formula is C7H4F6N2O2. The Morgan fingerprint density at radius 2 is 1.35 bits per heavy atom. The number of anilines is 2. The molecule has 17 heavy (non-hydrogen) atoms. The van der Waals surface area contributed by atoms with Crippen LogP contribution in [0, 0.1) is 0 Å². The molecule has 0 fully saturated rings. The monoisotopic (exact) mass is 262 g/mol. The van der Waals surface area contributed by atoms with Gasteiger partial charge in [0.2, 0.25) is 6.04 Å². The van der Waals surface area contributed by atoms with Crippen LogP contribution in [0.5, 0.6) is 0 Å². The van der Waals surface area contributed by atoms with E-state index in [1.807, 2.05) is 0 Å². The van der Waals surface area contributed by atoms with Crippen LogP contribution in [0.25, 0.3) is 0 Å². The Bertz CT molecular complexity index is 482. The molecule has 1 aromatic rings. The first kappa shape index (κ1) is 13.3. The molecule has 0 bridgehead atoms. The second kappa shape index (κ2) is 3.64. The minimum atomic E-state index is -5.66. The molecule has 96 valence electrons. The average molecular weight is 262 g/mol. The van der Waals surface area contributed by atoms with Gasteiger partial charge in [-0.3, -0.25) is 9.59 Å². The summed E-state index contributed by atoms with van der Waals surface area (Å²) in [6.45, 7) is 0. The van der Waals surface area contributed by atoms with Crippen LogP contribution in [-0.4, -0.2) is 18.4 Å². The SMILES string of the molecule is Nc1c(NC(C(F)(F)F)C(F)(F)F)c(=O)c1=O. The van der Waals surface area contributed by atoms with Crippen molar-refractivity contribution >= 4 is 11.4 Å². The highest BCUT2D eigenvalue weighted by Crippen LogP contribution is 2.35. The first-order valence-electron chi connectivity index (χ1n) is 3.95. The molecule has 0 saturated heterocycles. The topological polar surface area (TPSA) is 72.2 Å². The van der Waals surface area contributed by atoms with E-state index in [4.69, 9.17) is 5.73 Å². The standard InChI is InChI=1S/C7H4F6N2O2/c8-6(9,10)5(7(11,12)13)15-2-1(14)3(16)4(2)17/h5,15H,14H2. The van der Waals surface area contributed by atoms with Crippen molar-refractivity contribution in [3.8, 4) is 0 Å². The summed E-state index contributed by atoms with van der Waals surface area (Å²) >= 11 is 0. The van der Waals surface area contributed by atoms with E-state index in [0.717, 1.165) is 5.32 Å². The highest BCUT2D eigenvalue weighted by atomic mass is 19.4. The molecule has 0 atom stereocenters. The summed E-state index contributed by atoms with van der Waals surface area (Å²) in [7, 11) is 0. The van der Waals surface area contributed by atoms with Crippen molar-refractivity contribution in [2.75, 3.05) is 11.1 Å². The molecule has 4 nitrogen and oxygen atoms in total. The van der Waals surface area contributed by atoms with Crippen LogP contribution in [-0.2, 0) is 0 Å². The fourth-order valence-electron chi connectivity index (χ4n) is 1.05. The van der Waals surface area contributed by atoms with Crippen molar-refractivity contribution in [2.24, 2.45) is 0 Å². The third kappa shape index (κ3) is 2.34. The van der Waals surface area contributed by atoms with Gasteiger partial charge in [-0.25, -0.2) is 0 Å². The third-order valence-corrected chi connectivity index (χ3v) is 1.89. The molecule has 0 radical (unpaired) electrons. The number of halogens is 6. The number of nitrogen functional groups attached to an aromatic ring is 1. The summed E-state index contributed by atoms with van der Waals surface area (Å²) in [6.07, 6.45) is -11.3. The molecule has 0 unspecified atom stereocenters. The van der Waals surface area contributed by atoms with E-state index in [0.29, 0.717) is 0 Å². The van der Waals surface area contributed by atoms with E-state index in [-0.39, 0.29) is 0 Å². The summed E-state index contributed by atoms with van der Waals surface area (Å²) in [4.78, 5) is 21.2.